The van der Waals surface area contributed by atoms with E-state index in [2.05, 4.69) is 5.32 Å². The predicted molar refractivity (Wildman–Crippen MR) is 79.3 cm³/mol. The van der Waals surface area contributed by atoms with E-state index < -0.39 is 5.82 Å². The molecule has 2 atom stereocenters. The van der Waals surface area contributed by atoms with Crippen molar-refractivity contribution in [1.82, 2.24) is 5.32 Å². The minimum atomic E-state index is -0.393. The first-order chi connectivity index (χ1) is 10.0. The highest BCUT2D eigenvalue weighted by atomic mass is 19.1. The molecule has 1 unspecified atom stereocenters. The first-order valence-corrected chi connectivity index (χ1v) is 6.87. The normalized spacial score (nSPS) is 13.8. The smallest absolute Gasteiger partial charge is 0.165 e. The van der Waals surface area contributed by atoms with Gasteiger partial charge < -0.3 is 10.1 Å². The van der Waals surface area contributed by atoms with E-state index >= 15 is 0 Å². The highest BCUT2D eigenvalue weighted by molar-refractivity contribution is 5.32. The minimum absolute atomic E-state index is 0.0610. The number of benzene rings is 2. The van der Waals surface area contributed by atoms with Crippen LogP contribution in [-0.2, 0) is 0 Å². The molecule has 0 aliphatic carbocycles. The molecule has 0 bridgehead atoms. The van der Waals surface area contributed by atoms with Crippen LogP contribution in [0.25, 0.3) is 0 Å². The number of hydrogen-bond donors (Lipinski definition) is 1. The van der Waals surface area contributed by atoms with Crippen LogP contribution in [0.1, 0.15) is 37.1 Å². The van der Waals surface area contributed by atoms with Gasteiger partial charge in [0.05, 0.1) is 7.11 Å². The van der Waals surface area contributed by atoms with Crippen LogP contribution in [0.2, 0.25) is 0 Å². The van der Waals surface area contributed by atoms with Crippen molar-refractivity contribution >= 4 is 0 Å². The van der Waals surface area contributed by atoms with Gasteiger partial charge in [0.2, 0.25) is 0 Å². The fourth-order valence-corrected chi connectivity index (χ4v) is 2.33. The fraction of sp³-hybridized carbons (Fsp3) is 0.294. The maximum absolute atomic E-state index is 13.8. The van der Waals surface area contributed by atoms with E-state index in [0.717, 1.165) is 5.56 Å². The highest BCUT2D eigenvalue weighted by Gasteiger charge is 2.15. The largest absolute Gasteiger partial charge is 0.494 e. The lowest BCUT2D eigenvalue weighted by atomic mass is 10.0. The SMILES string of the molecule is COc1cc(C(C)N[C@H](C)c2ccccc2F)ccc1F. The standard InChI is InChI=1S/C17H19F2NO/c1-11(13-8-9-16(19)17(10-13)21-3)20-12(2)14-6-4-5-7-15(14)18/h4-12,20H,1-3H3/t11?,12-/m1/s1. The number of hydrogen-bond acceptors (Lipinski definition) is 2. The van der Waals surface area contributed by atoms with Crippen LogP contribution in [-0.4, -0.2) is 7.11 Å². The van der Waals surface area contributed by atoms with Crippen molar-refractivity contribution in [2.75, 3.05) is 7.11 Å². The van der Waals surface area contributed by atoms with Crippen molar-refractivity contribution in [2.24, 2.45) is 0 Å². The molecule has 0 heterocycles. The molecular weight excluding hydrogens is 272 g/mol. The molecule has 0 fully saturated rings. The first kappa shape index (κ1) is 15.4. The number of rotatable bonds is 5. The molecule has 1 N–H and O–H groups in total. The van der Waals surface area contributed by atoms with Crippen molar-refractivity contribution in [2.45, 2.75) is 25.9 Å². The van der Waals surface area contributed by atoms with Crippen molar-refractivity contribution in [3.8, 4) is 5.75 Å². The Bertz CT molecular complexity index is 615. The van der Waals surface area contributed by atoms with Gasteiger partial charge in [0.15, 0.2) is 11.6 Å². The number of nitrogens with one attached hydrogen (secondary N) is 1. The molecule has 0 saturated carbocycles. The summed E-state index contributed by atoms with van der Waals surface area (Å²) in [6.07, 6.45) is 0. The van der Waals surface area contributed by atoms with E-state index in [1.165, 1.54) is 19.2 Å². The molecule has 0 radical (unpaired) electrons. The fourth-order valence-electron chi connectivity index (χ4n) is 2.33. The lowest BCUT2D eigenvalue weighted by molar-refractivity contribution is 0.384. The topological polar surface area (TPSA) is 21.3 Å². The van der Waals surface area contributed by atoms with Crippen molar-refractivity contribution in [3.05, 3.63) is 65.2 Å². The summed E-state index contributed by atoms with van der Waals surface area (Å²) in [5.41, 5.74) is 1.50. The van der Waals surface area contributed by atoms with Gasteiger partial charge in [-0.3, -0.25) is 0 Å². The first-order valence-electron chi connectivity index (χ1n) is 6.87. The zero-order valence-corrected chi connectivity index (χ0v) is 12.4. The Kier molecular flexibility index (Phi) is 4.91. The molecule has 0 aliphatic rings. The maximum Gasteiger partial charge on any atom is 0.165 e. The summed E-state index contributed by atoms with van der Waals surface area (Å²) < 4.78 is 32.2. The summed E-state index contributed by atoms with van der Waals surface area (Å²) in [7, 11) is 1.43. The third-order valence-corrected chi connectivity index (χ3v) is 3.55. The zero-order chi connectivity index (χ0) is 15.4. The maximum atomic E-state index is 13.8. The van der Waals surface area contributed by atoms with Gasteiger partial charge in [-0.15, -0.1) is 0 Å². The second-order valence-electron chi connectivity index (χ2n) is 5.03. The average Bonchev–Trinajstić information content (AvgIpc) is 2.48. The van der Waals surface area contributed by atoms with Gasteiger partial charge in [0.1, 0.15) is 5.82 Å². The van der Waals surface area contributed by atoms with Crippen molar-refractivity contribution in [1.29, 1.82) is 0 Å². The number of methoxy groups -OCH3 is 1. The lowest BCUT2D eigenvalue weighted by Crippen LogP contribution is -2.23. The van der Waals surface area contributed by atoms with Gasteiger partial charge in [0.25, 0.3) is 0 Å². The minimum Gasteiger partial charge on any atom is -0.494 e. The summed E-state index contributed by atoms with van der Waals surface area (Å²) in [6.45, 7) is 3.85. The quantitative estimate of drug-likeness (QED) is 0.882. The van der Waals surface area contributed by atoms with Crippen LogP contribution >= 0.6 is 0 Å². The molecule has 112 valence electrons. The van der Waals surface area contributed by atoms with E-state index in [9.17, 15) is 8.78 Å². The van der Waals surface area contributed by atoms with Gasteiger partial charge >= 0.3 is 0 Å². The molecule has 2 rings (SSSR count). The Morgan fingerprint density at radius 3 is 2.33 bits per heavy atom. The van der Waals surface area contributed by atoms with E-state index in [0.29, 0.717) is 5.56 Å². The van der Waals surface area contributed by atoms with Crippen molar-refractivity contribution < 1.29 is 13.5 Å². The van der Waals surface area contributed by atoms with Crippen LogP contribution in [0, 0.1) is 11.6 Å². The molecular formula is C17H19F2NO. The molecule has 0 amide bonds. The Morgan fingerprint density at radius 1 is 0.952 bits per heavy atom. The van der Waals surface area contributed by atoms with Crippen LogP contribution in [0.3, 0.4) is 0 Å². The van der Waals surface area contributed by atoms with E-state index in [-0.39, 0.29) is 23.7 Å². The Morgan fingerprint density at radius 2 is 1.67 bits per heavy atom. The second-order valence-corrected chi connectivity index (χ2v) is 5.03. The molecule has 2 aromatic rings. The van der Waals surface area contributed by atoms with Crippen molar-refractivity contribution in [3.63, 3.8) is 0 Å². The Labute approximate surface area is 123 Å². The lowest BCUT2D eigenvalue weighted by Gasteiger charge is -2.21. The summed E-state index contributed by atoms with van der Waals surface area (Å²) in [5, 5.41) is 3.31. The Hall–Kier alpha value is -1.94. The molecule has 2 aromatic carbocycles. The molecule has 0 saturated heterocycles. The van der Waals surface area contributed by atoms with Crippen LogP contribution in [0.4, 0.5) is 8.78 Å². The van der Waals surface area contributed by atoms with Gasteiger partial charge in [-0.1, -0.05) is 24.3 Å². The molecule has 2 nitrogen and oxygen atoms in total. The summed E-state index contributed by atoms with van der Waals surface area (Å²) in [4.78, 5) is 0. The van der Waals surface area contributed by atoms with Crippen LogP contribution in [0.15, 0.2) is 42.5 Å². The zero-order valence-electron chi connectivity index (χ0n) is 12.4. The molecule has 0 aromatic heterocycles. The van der Waals surface area contributed by atoms with Gasteiger partial charge in [-0.25, -0.2) is 8.78 Å². The van der Waals surface area contributed by atoms with Crippen LogP contribution < -0.4 is 10.1 Å². The Balaban J connectivity index is 2.14. The second kappa shape index (κ2) is 6.68. The molecule has 0 spiro atoms. The molecule has 21 heavy (non-hydrogen) atoms. The summed E-state index contributed by atoms with van der Waals surface area (Å²) in [5.74, 6) is -0.420. The molecule has 0 aliphatic heterocycles. The molecule has 4 heteroatoms. The van der Waals surface area contributed by atoms with Crippen LogP contribution in [0.5, 0.6) is 5.75 Å². The number of ether oxygens (including phenoxy) is 1. The van der Waals surface area contributed by atoms with Gasteiger partial charge in [0, 0.05) is 17.6 Å². The summed E-state index contributed by atoms with van der Waals surface area (Å²) >= 11 is 0. The van der Waals surface area contributed by atoms with Gasteiger partial charge in [-0.05, 0) is 37.6 Å². The van der Waals surface area contributed by atoms with E-state index in [4.69, 9.17) is 4.74 Å². The predicted octanol–water partition coefficient (Wildman–Crippen LogP) is 4.39. The average molecular weight is 291 g/mol. The monoisotopic (exact) mass is 291 g/mol. The highest BCUT2D eigenvalue weighted by Crippen LogP contribution is 2.25. The van der Waals surface area contributed by atoms with E-state index in [1.54, 1.807) is 24.3 Å². The third kappa shape index (κ3) is 3.58. The van der Waals surface area contributed by atoms with E-state index in [1.807, 2.05) is 19.9 Å². The van der Waals surface area contributed by atoms with Gasteiger partial charge in [-0.2, -0.15) is 0 Å². The number of halogens is 2. The summed E-state index contributed by atoms with van der Waals surface area (Å²) in [6, 6.07) is 11.2. The third-order valence-electron chi connectivity index (χ3n) is 3.55.